The molecule has 3 nitrogen and oxygen atoms in total. The summed E-state index contributed by atoms with van der Waals surface area (Å²) in [6.45, 7) is 4.59. The van der Waals surface area contributed by atoms with Gasteiger partial charge in [-0.15, -0.1) is 11.3 Å². The number of ether oxygens (including phenoxy) is 1. The second-order valence-corrected chi connectivity index (χ2v) is 8.52. The van der Waals surface area contributed by atoms with Crippen LogP contribution in [0, 0.1) is 0 Å². The van der Waals surface area contributed by atoms with Crippen LogP contribution < -0.4 is 0 Å². The average molecular weight is 406 g/mol. The number of methoxy groups -OCH3 is 1. The Morgan fingerprint density at radius 1 is 1.19 bits per heavy atom. The predicted molar refractivity (Wildman–Crippen MR) is 113 cm³/mol. The lowest BCUT2D eigenvalue weighted by molar-refractivity contribution is 0.112. The van der Waals surface area contributed by atoms with Gasteiger partial charge in [-0.05, 0) is 48.6 Å². The molecule has 1 aromatic heterocycles. The summed E-state index contributed by atoms with van der Waals surface area (Å²) >= 11 is 1.41. The molecule has 3 rings (SSSR count). The summed E-state index contributed by atoms with van der Waals surface area (Å²) in [4.78, 5) is 11.4. The van der Waals surface area contributed by atoms with Crippen molar-refractivity contribution < 1.29 is 18.4 Å². The van der Waals surface area contributed by atoms with Crippen LogP contribution in [0.5, 0.6) is 0 Å². The molecule has 0 spiro atoms. The minimum Gasteiger partial charge on any atom is -0.380 e. The van der Waals surface area contributed by atoms with Crippen LogP contribution in [0.4, 0.5) is 4.39 Å². The fourth-order valence-electron chi connectivity index (χ4n) is 2.42. The highest BCUT2D eigenvalue weighted by atomic mass is 32.1. The molecule has 2 aromatic carbocycles. The fourth-order valence-corrected chi connectivity index (χ4v) is 3.97. The number of aldehydes is 1. The van der Waals surface area contributed by atoms with E-state index in [1.54, 1.807) is 25.3 Å². The molecule has 0 saturated carbocycles. The quantitative estimate of drug-likeness (QED) is 0.340. The van der Waals surface area contributed by atoms with Crippen LogP contribution in [0.15, 0.2) is 54.6 Å². The first-order valence-corrected chi connectivity index (χ1v) is 10.3. The molecular weight excluding hydrogens is 382 g/mol. The van der Waals surface area contributed by atoms with Gasteiger partial charge in [-0.3, -0.25) is 4.79 Å². The second kappa shape index (κ2) is 10.6. The van der Waals surface area contributed by atoms with E-state index >= 15 is 0 Å². The third-order valence-corrected chi connectivity index (χ3v) is 5.90. The Morgan fingerprint density at radius 3 is 2.56 bits per heavy atom. The van der Waals surface area contributed by atoms with E-state index < -0.39 is 5.41 Å². The molecule has 0 aliphatic carbocycles. The molecule has 0 aliphatic heterocycles. The molecule has 0 N–H and O–H groups in total. The van der Waals surface area contributed by atoms with Crippen LogP contribution in [0.25, 0.3) is 10.1 Å². The van der Waals surface area contributed by atoms with Gasteiger partial charge in [-0.25, -0.2) is 4.39 Å². The van der Waals surface area contributed by atoms with Crippen molar-refractivity contribution in [2.24, 2.45) is 0 Å². The molecule has 144 valence electrons. The van der Waals surface area contributed by atoms with E-state index in [0.717, 1.165) is 16.4 Å². The van der Waals surface area contributed by atoms with Gasteiger partial charge in [-0.2, -0.15) is 0 Å². The summed E-state index contributed by atoms with van der Waals surface area (Å²) in [6, 6.07) is 17.3. The molecule has 1 heterocycles. The summed E-state index contributed by atoms with van der Waals surface area (Å²) < 4.78 is 25.6. The van der Waals surface area contributed by atoms with Crippen LogP contribution in [-0.4, -0.2) is 20.0 Å². The van der Waals surface area contributed by atoms with Gasteiger partial charge in [0.1, 0.15) is 0 Å². The number of thiophene rings is 1. The minimum atomic E-state index is -1.48. The Balaban J connectivity index is 0.000000244. The van der Waals surface area contributed by atoms with E-state index in [1.807, 2.05) is 43.3 Å². The minimum absolute atomic E-state index is 0.218. The van der Waals surface area contributed by atoms with Gasteiger partial charge in [-0.1, -0.05) is 36.4 Å². The highest BCUT2D eigenvalue weighted by molar-refractivity contribution is 7.33. The van der Waals surface area contributed by atoms with Crippen LogP contribution in [0.2, 0.25) is 0 Å². The maximum absolute atomic E-state index is 14.4. The number of fused-ring (bicyclic) bond motifs is 1. The van der Waals surface area contributed by atoms with Crippen molar-refractivity contribution >= 4 is 36.5 Å². The number of rotatable bonds is 7. The number of carbonyl (C=O) groups excluding carboxylic acids is 1. The van der Waals surface area contributed by atoms with Crippen LogP contribution in [-0.2, 0) is 21.3 Å². The first kappa shape index (κ1) is 21.6. The smallest absolute Gasteiger partial charge is 0.173 e. The Morgan fingerprint density at radius 2 is 1.93 bits per heavy atom. The monoisotopic (exact) mass is 406 g/mol. The zero-order chi connectivity index (χ0) is 19.7. The van der Waals surface area contributed by atoms with Crippen molar-refractivity contribution in [2.75, 3.05) is 13.7 Å². The second-order valence-electron chi connectivity index (χ2n) is 5.98. The summed E-state index contributed by atoms with van der Waals surface area (Å²) in [5, 5.41) is -0.571. The third kappa shape index (κ3) is 6.47. The number of halogens is 1. The summed E-state index contributed by atoms with van der Waals surface area (Å²) in [5.41, 5.74) is 1.82. The number of benzene rings is 2. The highest BCUT2D eigenvalue weighted by Crippen LogP contribution is 2.44. The van der Waals surface area contributed by atoms with Crippen molar-refractivity contribution in [1.29, 1.82) is 0 Å². The van der Waals surface area contributed by atoms with Gasteiger partial charge >= 0.3 is 0 Å². The van der Waals surface area contributed by atoms with E-state index in [-0.39, 0.29) is 8.81 Å². The first-order chi connectivity index (χ1) is 13.0. The molecule has 0 aliphatic rings. The van der Waals surface area contributed by atoms with Crippen molar-refractivity contribution in [3.63, 3.8) is 0 Å². The van der Waals surface area contributed by atoms with Crippen molar-refractivity contribution in [3.05, 3.63) is 70.6 Å². The van der Waals surface area contributed by atoms with Crippen LogP contribution in [0.3, 0.4) is 0 Å². The SMILES string of the molecule is CCOPC(C)(F)c1ccc2sc(C=O)cc2c1.COCc1ccccc1. The van der Waals surface area contributed by atoms with Crippen molar-refractivity contribution in [3.8, 4) is 0 Å². The standard InChI is InChI=1S/C13H14FO2PS.C8H10O/c1-3-16-17-13(2,14)10-4-5-12-9(6-10)7-11(8-15)18-12;1-9-7-8-5-3-2-4-6-8/h4-8,17H,3H2,1-2H3;2-6H,7H2,1H3. The Labute approximate surface area is 165 Å². The summed E-state index contributed by atoms with van der Waals surface area (Å²) in [6.07, 6.45) is 0.820. The Bertz CT molecular complexity index is 849. The molecule has 0 amide bonds. The molecule has 0 bridgehead atoms. The van der Waals surface area contributed by atoms with Gasteiger partial charge in [0.2, 0.25) is 0 Å². The lowest BCUT2D eigenvalue weighted by Gasteiger charge is -2.20. The molecular formula is C21H24FO3PS. The van der Waals surface area contributed by atoms with E-state index in [0.29, 0.717) is 23.7 Å². The first-order valence-electron chi connectivity index (χ1n) is 8.60. The van der Waals surface area contributed by atoms with E-state index in [1.165, 1.54) is 23.8 Å². The molecule has 2 atom stereocenters. The molecule has 0 fully saturated rings. The summed E-state index contributed by atoms with van der Waals surface area (Å²) in [5.74, 6) is 0. The molecule has 0 radical (unpaired) electrons. The normalized spacial score (nSPS) is 13.3. The number of hydrogen-bond acceptors (Lipinski definition) is 4. The van der Waals surface area contributed by atoms with E-state index in [9.17, 15) is 9.18 Å². The van der Waals surface area contributed by atoms with Gasteiger partial charge in [0.05, 0.1) is 20.3 Å². The Kier molecular flexibility index (Phi) is 8.52. The molecule has 3 aromatic rings. The topological polar surface area (TPSA) is 35.5 Å². The molecule has 2 unspecified atom stereocenters. The maximum Gasteiger partial charge on any atom is 0.173 e. The average Bonchev–Trinajstić information content (AvgIpc) is 3.10. The van der Waals surface area contributed by atoms with Gasteiger partial charge in [0.25, 0.3) is 0 Å². The third-order valence-electron chi connectivity index (χ3n) is 3.76. The van der Waals surface area contributed by atoms with Crippen molar-refractivity contribution in [1.82, 2.24) is 0 Å². The van der Waals surface area contributed by atoms with Crippen molar-refractivity contribution in [2.45, 2.75) is 25.9 Å². The van der Waals surface area contributed by atoms with Crippen LogP contribution in [0.1, 0.15) is 34.6 Å². The van der Waals surface area contributed by atoms with Gasteiger partial charge in [0, 0.05) is 18.4 Å². The molecule has 27 heavy (non-hydrogen) atoms. The molecule has 6 heteroatoms. The zero-order valence-electron chi connectivity index (χ0n) is 15.7. The lowest BCUT2D eigenvalue weighted by atomic mass is 10.1. The lowest BCUT2D eigenvalue weighted by Crippen LogP contribution is -2.08. The molecule has 0 saturated heterocycles. The fraction of sp³-hybridized carbons (Fsp3) is 0.286. The van der Waals surface area contributed by atoms with E-state index in [4.69, 9.17) is 9.26 Å². The summed E-state index contributed by atoms with van der Waals surface area (Å²) in [7, 11) is 1.48. The Hall–Kier alpha value is -1.65. The highest BCUT2D eigenvalue weighted by Gasteiger charge is 2.26. The predicted octanol–water partition coefficient (Wildman–Crippen LogP) is 6.32. The van der Waals surface area contributed by atoms with E-state index in [2.05, 4.69) is 0 Å². The number of hydrogen-bond donors (Lipinski definition) is 0. The van der Waals surface area contributed by atoms with Gasteiger partial charge < -0.3 is 9.26 Å². The van der Waals surface area contributed by atoms with Gasteiger partial charge in [0.15, 0.2) is 11.7 Å². The largest absolute Gasteiger partial charge is 0.380 e. The maximum atomic E-state index is 14.4. The number of alkyl halides is 1. The van der Waals surface area contributed by atoms with Crippen LogP contribution >= 0.6 is 20.1 Å². The number of carbonyl (C=O) groups is 1. The zero-order valence-corrected chi connectivity index (χ0v) is 17.5.